The van der Waals surface area contributed by atoms with Crippen molar-refractivity contribution in [2.45, 2.75) is 32.6 Å². The van der Waals surface area contributed by atoms with Crippen LogP contribution in [0.5, 0.6) is 17.2 Å². The molecule has 0 atom stereocenters. The van der Waals surface area contributed by atoms with Crippen LogP contribution in [0.25, 0.3) is 0 Å². The molecule has 3 aromatic rings. The molecule has 0 bridgehead atoms. The van der Waals surface area contributed by atoms with Crippen LogP contribution in [0.1, 0.15) is 43.0 Å². The zero-order chi connectivity index (χ0) is 24.7. The van der Waals surface area contributed by atoms with Crippen molar-refractivity contribution in [2.24, 2.45) is 0 Å². The zero-order valence-electron chi connectivity index (χ0n) is 20.0. The lowest BCUT2D eigenvalue weighted by atomic mass is 10.2. The molecule has 0 aliphatic heterocycles. The molecule has 0 aromatic heterocycles. The number of rotatable bonds is 13. The van der Waals surface area contributed by atoms with Gasteiger partial charge in [-0.15, -0.1) is 0 Å². The highest BCUT2D eigenvalue weighted by Crippen LogP contribution is 2.18. The number of carbonyl (C=O) groups excluding carboxylic acids is 1. The maximum Gasteiger partial charge on any atom is 0.257 e. The molecule has 0 unspecified atom stereocenters. The van der Waals surface area contributed by atoms with Gasteiger partial charge in [0.15, 0.2) is 5.11 Å². The van der Waals surface area contributed by atoms with E-state index < -0.39 is 0 Å². The molecule has 6 nitrogen and oxygen atoms in total. The van der Waals surface area contributed by atoms with Crippen LogP contribution in [-0.4, -0.2) is 30.8 Å². The quantitative estimate of drug-likeness (QED) is 0.218. The van der Waals surface area contributed by atoms with E-state index in [4.69, 9.17) is 26.4 Å². The average Bonchev–Trinajstić information content (AvgIpc) is 2.87. The number of benzene rings is 3. The van der Waals surface area contributed by atoms with Gasteiger partial charge in [0.25, 0.3) is 5.91 Å². The molecule has 0 spiro atoms. The van der Waals surface area contributed by atoms with Crippen LogP contribution in [-0.2, 0) is 0 Å². The molecule has 0 radical (unpaired) electrons. The Morgan fingerprint density at radius 1 is 0.743 bits per heavy atom. The molecule has 0 saturated heterocycles. The fourth-order valence-electron chi connectivity index (χ4n) is 3.26. The molecule has 2 N–H and O–H groups in total. The monoisotopic (exact) mass is 492 g/mol. The molecule has 0 saturated carbocycles. The number of hydrogen-bond acceptors (Lipinski definition) is 5. The number of amides is 1. The maximum atomic E-state index is 12.5. The Morgan fingerprint density at radius 2 is 1.40 bits per heavy atom. The average molecular weight is 493 g/mol. The van der Waals surface area contributed by atoms with E-state index in [1.54, 1.807) is 24.3 Å². The summed E-state index contributed by atoms with van der Waals surface area (Å²) in [5.74, 6) is 1.94. The van der Waals surface area contributed by atoms with E-state index in [1.807, 2.05) is 54.6 Å². The van der Waals surface area contributed by atoms with Gasteiger partial charge < -0.3 is 19.5 Å². The van der Waals surface area contributed by atoms with Crippen molar-refractivity contribution in [2.75, 3.05) is 25.1 Å². The molecular formula is C28H32N2O4S. The standard InChI is InChI=1S/C28H32N2O4S/c1-2-3-4-8-18-32-25-16-14-22(15-17-25)27(31)30-28(35)29-23-10-9-13-26(21-23)34-20-19-33-24-11-6-5-7-12-24/h5-7,9-17,21H,2-4,8,18-20H2,1H3,(H2,29,30,31,35). The normalized spacial score (nSPS) is 10.3. The van der Waals surface area contributed by atoms with Gasteiger partial charge in [-0.3, -0.25) is 10.1 Å². The van der Waals surface area contributed by atoms with Gasteiger partial charge in [-0.25, -0.2) is 0 Å². The number of nitrogens with one attached hydrogen (secondary N) is 2. The lowest BCUT2D eigenvalue weighted by molar-refractivity contribution is 0.0977. The van der Waals surface area contributed by atoms with E-state index in [9.17, 15) is 4.79 Å². The summed E-state index contributed by atoms with van der Waals surface area (Å²) >= 11 is 5.31. The first-order valence-corrected chi connectivity index (χ1v) is 12.3. The highest BCUT2D eigenvalue weighted by molar-refractivity contribution is 7.80. The van der Waals surface area contributed by atoms with Crippen molar-refractivity contribution in [1.29, 1.82) is 0 Å². The van der Waals surface area contributed by atoms with E-state index in [0.29, 0.717) is 36.8 Å². The van der Waals surface area contributed by atoms with Gasteiger partial charge in [0, 0.05) is 17.3 Å². The van der Waals surface area contributed by atoms with Gasteiger partial charge >= 0.3 is 0 Å². The first kappa shape index (κ1) is 26.0. The third-order valence-electron chi connectivity index (χ3n) is 5.07. The Hall–Kier alpha value is -3.58. The Kier molecular flexibility index (Phi) is 10.9. The molecule has 0 aliphatic rings. The van der Waals surface area contributed by atoms with Crippen LogP contribution in [0.3, 0.4) is 0 Å². The van der Waals surface area contributed by atoms with Gasteiger partial charge in [0.1, 0.15) is 30.5 Å². The van der Waals surface area contributed by atoms with Crippen molar-refractivity contribution in [3.05, 3.63) is 84.4 Å². The highest BCUT2D eigenvalue weighted by atomic mass is 32.1. The predicted octanol–water partition coefficient (Wildman–Crippen LogP) is 6.23. The minimum Gasteiger partial charge on any atom is -0.494 e. The van der Waals surface area contributed by atoms with Crippen LogP contribution < -0.4 is 24.8 Å². The smallest absolute Gasteiger partial charge is 0.257 e. The van der Waals surface area contributed by atoms with E-state index >= 15 is 0 Å². The Labute approximate surface area is 212 Å². The summed E-state index contributed by atoms with van der Waals surface area (Å²) in [5.41, 5.74) is 1.21. The van der Waals surface area contributed by atoms with Crippen molar-refractivity contribution in [3.63, 3.8) is 0 Å². The van der Waals surface area contributed by atoms with Crippen molar-refractivity contribution < 1.29 is 19.0 Å². The molecule has 3 rings (SSSR count). The van der Waals surface area contributed by atoms with Gasteiger partial charge in [0.2, 0.25) is 0 Å². The summed E-state index contributed by atoms with van der Waals surface area (Å²) in [5, 5.41) is 5.92. The van der Waals surface area contributed by atoms with Crippen LogP contribution in [0, 0.1) is 0 Å². The second-order valence-electron chi connectivity index (χ2n) is 7.88. The van der Waals surface area contributed by atoms with Gasteiger partial charge in [-0.05, 0) is 67.2 Å². The largest absolute Gasteiger partial charge is 0.494 e. The third-order valence-corrected chi connectivity index (χ3v) is 5.27. The predicted molar refractivity (Wildman–Crippen MR) is 144 cm³/mol. The lowest BCUT2D eigenvalue weighted by Crippen LogP contribution is -2.34. The molecule has 7 heteroatoms. The summed E-state index contributed by atoms with van der Waals surface area (Å²) in [6.45, 7) is 3.70. The van der Waals surface area contributed by atoms with Crippen LogP contribution in [0.2, 0.25) is 0 Å². The number of anilines is 1. The number of ether oxygens (including phenoxy) is 3. The molecule has 1 amide bonds. The molecule has 184 valence electrons. The minimum absolute atomic E-state index is 0.204. The van der Waals surface area contributed by atoms with Crippen molar-refractivity contribution in [1.82, 2.24) is 5.32 Å². The third kappa shape index (κ3) is 9.66. The zero-order valence-corrected chi connectivity index (χ0v) is 20.8. The van der Waals surface area contributed by atoms with E-state index in [-0.39, 0.29) is 11.0 Å². The fraction of sp³-hybridized carbons (Fsp3) is 0.286. The SMILES string of the molecule is CCCCCCOc1ccc(C(=O)NC(=S)Nc2cccc(OCCOc3ccccc3)c2)cc1. The molecular weight excluding hydrogens is 460 g/mol. The summed E-state index contributed by atoms with van der Waals surface area (Å²) in [6, 6.07) is 24.0. The Bertz CT molecular complexity index is 1060. The minimum atomic E-state index is -0.289. The van der Waals surface area contributed by atoms with E-state index in [2.05, 4.69) is 17.6 Å². The Morgan fingerprint density at radius 3 is 2.14 bits per heavy atom. The van der Waals surface area contributed by atoms with Crippen molar-refractivity contribution >= 4 is 28.9 Å². The summed E-state index contributed by atoms with van der Waals surface area (Å²) in [6.07, 6.45) is 4.62. The van der Waals surface area contributed by atoms with Crippen LogP contribution in [0.4, 0.5) is 5.69 Å². The summed E-state index contributed by atoms with van der Waals surface area (Å²) in [4.78, 5) is 12.5. The number of thiocarbonyl (C=S) groups is 1. The first-order chi connectivity index (χ1) is 17.1. The van der Waals surface area contributed by atoms with Gasteiger partial charge in [0.05, 0.1) is 6.61 Å². The second-order valence-corrected chi connectivity index (χ2v) is 8.29. The highest BCUT2D eigenvalue weighted by Gasteiger charge is 2.09. The van der Waals surface area contributed by atoms with Crippen LogP contribution in [0.15, 0.2) is 78.9 Å². The lowest BCUT2D eigenvalue weighted by Gasteiger charge is -2.12. The fourth-order valence-corrected chi connectivity index (χ4v) is 3.47. The number of carbonyl (C=O) groups is 1. The molecule has 0 heterocycles. The second kappa shape index (κ2) is 14.6. The van der Waals surface area contributed by atoms with E-state index in [0.717, 1.165) is 17.9 Å². The van der Waals surface area contributed by atoms with Crippen LogP contribution >= 0.6 is 12.2 Å². The van der Waals surface area contributed by atoms with E-state index in [1.165, 1.54) is 19.3 Å². The molecule has 0 aliphatic carbocycles. The Balaban J connectivity index is 1.40. The first-order valence-electron chi connectivity index (χ1n) is 11.9. The summed E-state index contributed by atoms with van der Waals surface area (Å²) in [7, 11) is 0. The number of unbranched alkanes of at least 4 members (excludes halogenated alkanes) is 3. The van der Waals surface area contributed by atoms with Gasteiger partial charge in [-0.2, -0.15) is 0 Å². The number of hydrogen-bond donors (Lipinski definition) is 2. The summed E-state index contributed by atoms with van der Waals surface area (Å²) < 4.78 is 17.1. The topological polar surface area (TPSA) is 68.8 Å². The molecule has 3 aromatic carbocycles. The maximum absolute atomic E-state index is 12.5. The molecule has 0 fully saturated rings. The molecule has 35 heavy (non-hydrogen) atoms. The van der Waals surface area contributed by atoms with Gasteiger partial charge in [-0.1, -0.05) is 50.5 Å². The van der Waals surface area contributed by atoms with Crippen molar-refractivity contribution in [3.8, 4) is 17.2 Å². The number of para-hydroxylation sites is 1.